The minimum atomic E-state index is 0.605. The van der Waals surface area contributed by atoms with E-state index in [-0.39, 0.29) is 0 Å². The second-order valence-electron chi connectivity index (χ2n) is 6.93. The van der Waals surface area contributed by atoms with E-state index in [1.807, 2.05) is 36.4 Å². The largest absolute Gasteiger partial charge is 0.467 e. The van der Waals surface area contributed by atoms with Gasteiger partial charge in [0.05, 0.1) is 18.5 Å². The Balaban J connectivity index is 1.64. The maximum atomic E-state index is 5.41. The summed E-state index contributed by atoms with van der Waals surface area (Å²) in [6.07, 6.45) is 4.15. The van der Waals surface area contributed by atoms with Gasteiger partial charge in [-0.1, -0.05) is 37.3 Å². The molecule has 3 aromatic rings. The first-order valence-electron chi connectivity index (χ1n) is 9.23. The lowest BCUT2D eigenvalue weighted by molar-refractivity contribution is 0.442. The van der Waals surface area contributed by atoms with E-state index < -0.39 is 0 Å². The van der Waals surface area contributed by atoms with Gasteiger partial charge in [-0.2, -0.15) is 4.98 Å². The highest BCUT2D eigenvalue weighted by Crippen LogP contribution is 2.26. The number of hydrogen-bond acceptors (Lipinski definition) is 5. The molecule has 26 heavy (non-hydrogen) atoms. The molecule has 0 amide bonds. The lowest BCUT2D eigenvalue weighted by Crippen LogP contribution is -2.35. The van der Waals surface area contributed by atoms with Crippen LogP contribution in [0.2, 0.25) is 0 Å². The minimum Gasteiger partial charge on any atom is -0.467 e. The molecule has 0 bridgehead atoms. The molecule has 134 valence electrons. The van der Waals surface area contributed by atoms with Crippen molar-refractivity contribution in [1.29, 1.82) is 0 Å². The Labute approximate surface area is 154 Å². The average Bonchev–Trinajstić information content (AvgIpc) is 3.20. The van der Waals surface area contributed by atoms with E-state index in [1.54, 1.807) is 6.26 Å². The van der Waals surface area contributed by atoms with Crippen molar-refractivity contribution >= 4 is 11.8 Å². The van der Waals surface area contributed by atoms with Gasteiger partial charge in [0.25, 0.3) is 0 Å². The number of piperidine rings is 1. The van der Waals surface area contributed by atoms with E-state index in [9.17, 15) is 0 Å². The zero-order chi connectivity index (χ0) is 17.8. The van der Waals surface area contributed by atoms with Crippen LogP contribution in [0.25, 0.3) is 11.3 Å². The molecule has 3 heterocycles. The first-order chi connectivity index (χ1) is 12.8. The summed E-state index contributed by atoms with van der Waals surface area (Å²) in [7, 11) is 0. The quantitative estimate of drug-likeness (QED) is 0.731. The maximum Gasteiger partial charge on any atom is 0.227 e. The molecule has 1 N–H and O–H groups in total. The van der Waals surface area contributed by atoms with E-state index in [4.69, 9.17) is 14.4 Å². The summed E-state index contributed by atoms with van der Waals surface area (Å²) in [4.78, 5) is 11.9. The summed E-state index contributed by atoms with van der Waals surface area (Å²) >= 11 is 0. The summed E-state index contributed by atoms with van der Waals surface area (Å²) in [5.41, 5.74) is 2.04. The Morgan fingerprint density at radius 1 is 1.15 bits per heavy atom. The molecule has 4 rings (SSSR count). The van der Waals surface area contributed by atoms with Crippen LogP contribution in [0.1, 0.15) is 25.5 Å². The summed E-state index contributed by atoms with van der Waals surface area (Å²) in [6.45, 7) is 4.92. The maximum absolute atomic E-state index is 5.41. The molecule has 1 atom stereocenters. The van der Waals surface area contributed by atoms with Crippen LogP contribution in [0.5, 0.6) is 0 Å². The number of benzene rings is 1. The van der Waals surface area contributed by atoms with Gasteiger partial charge in [-0.05, 0) is 30.9 Å². The highest BCUT2D eigenvalue weighted by Gasteiger charge is 2.20. The summed E-state index contributed by atoms with van der Waals surface area (Å²) in [5, 5.41) is 3.38. The van der Waals surface area contributed by atoms with E-state index in [1.165, 1.54) is 12.8 Å². The van der Waals surface area contributed by atoms with Gasteiger partial charge in [0.2, 0.25) is 5.95 Å². The van der Waals surface area contributed by atoms with E-state index in [0.717, 1.165) is 41.9 Å². The predicted molar refractivity (Wildman–Crippen MR) is 104 cm³/mol. The number of hydrogen-bond donors (Lipinski definition) is 1. The fourth-order valence-corrected chi connectivity index (χ4v) is 3.39. The third-order valence-electron chi connectivity index (χ3n) is 4.75. The first-order valence-corrected chi connectivity index (χ1v) is 9.23. The Morgan fingerprint density at radius 2 is 2.04 bits per heavy atom. The molecule has 1 unspecified atom stereocenters. The summed E-state index contributed by atoms with van der Waals surface area (Å²) < 4.78 is 5.41. The third kappa shape index (κ3) is 3.87. The van der Waals surface area contributed by atoms with Gasteiger partial charge >= 0.3 is 0 Å². The molecule has 1 saturated heterocycles. The van der Waals surface area contributed by atoms with E-state index in [2.05, 4.69) is 29.3 Å². The van der Waals surface area contributed by atoms with Gasteiger partial charge in [-0.15, -0.1) is 0 Å². The smallest absolute Gasteiger partial charge is 0.227 e. The molecule has 0 saturated carbocycles. The van der Waals surface area contributed by atoms with Crippen molar-refractivity contribution in [3.8, 4) is 11.3 Å². The van der Waals surface area contributed by atoms with E-state index >= 15 is 0 Å². The van der Waals surface area contributed by atoms with Crippen molar-refractivity contribution in [3.05, 3.63) is 60.6 Å². The molecule has 0 radical (unpaired) electrons. The minimum absolute atomic E-state index is 0.605. The predicted octanol–water partition coefficient (Wildman–Crippen LogP) is 4.59. The SMILES string of the molecule is CC1CCCN(c2nc(NCc3ccco3)cc(-c3ccccc3)n2)C1. The molecule has 2 aromatic heterocycles. The lowest BCUT2D eigenvalue weighted by Gasteiger charge is -2.31. The van der Waals surface area contributed by atoms with Crippen LogP contribution < -0.4 is 10.2 Å². The Morgan fingerprint density at radius 3 is 2.81 bits per heavy atom. The molecular formula is C21H24N4O. The van der Waals surface area contributed by atoms with Crippen LogP contribution >= 0.6 is 0 Å². The molecule has 5 heteroatoms. The van der Waals surface area contributed by atoms with Gasteiger partial charge in [-0.25, -0.2) is 4.98 Å². The Bertz CT molecular complexity index is 832. The van der Waals surface area contributed by atoms with Crippen LogP contribution in [0.15, 0.2) is 59.2 Å². The zero-order valence-corrected chi connectivity index (χ0v) is 15.1. The van der Waals surface area contributed by atoms with Crippen LogP contribution in [0, 0.1) is 5.92 Å². The molecule has 5 nitrogen and oxygen atoms in total. The first kappa shape index (κ1) is 16.6. The Hall–Kier alpha value is -2.82. The topological polar surface area (TPSA) is 54.2 Å². The van der Waals surface area contributed by atoms with Crippen molar-refractivity contribution in [2.45, 2.75) is 26.3 Å². The summed E-state index contributed by atoms with van der Waals surface area (Å²) in [5.74, 6) is 3.19. The van der Waals surface area contributed by atoms with Crippen molar-refractivity contribution in [2.24, 2.45) is 5.92 Å². The molecule has 1 fully saturated rings. The second kappa shape index (κ2) is 7.60. The molecule has 1 aliphatic rings. The number of rotatable bonds is 5. The second-order valence-corrected chi connectivity index (χ2v) is 6.93. The lowest BCUT2D eigenvalue weighted by atomic mass is 10.0. The zero-order valence-electron chi connectivity index (χ0n) is 15.1. The van der Waals surface area contributed by atoms with Crippen molar-refractivity contribution < 1.29 is 4.42 Å². The molecule has 0 aliphatic carbocycles. The third-order valence-corrected chi connectivity index (χ3v) is 4.75. The summed E-state index contributed by atoms with van der Waals surface area (Å²) in [6, 6.07) is 16.1. The van der Waals surface area contributed by atoms with Gasteiger partial charge in [0.15, 0.2) is 0 Å². The molecular weight excluding hydrogens is 324 g/mol. The monoisotopic (exact) mass is 348 g/mol. The van der Waals surface area contributed by atoms with Crippen LogP contribution in [-0.4, -0.2) is 23.1 Å². The van der Waals surface area contributed by atoms with Gasteiger partial charge in [-0.3, -0.25) is 0 Å². The number of nitrogens with zero attached hydrogens (tertiary/aromatic N) is 3. The van der Waals surface area contributed by atoms with Crippen LogP contribution in [0.4, 0.5) is 11.8 Å². The molecule has 0 spiro atoms. The number of nitrogens with one attached hydrogen (secondary N) is 1. The van der Waals surface area contributed by atoms with Crippen LogP contribution in [-0.2, 0) is 6.54 Å². The number of anilines is 2. The van der Waals surface area contributed by atoms with Gasteiger partial charge in [0.1, 0.15) is 11.6 Å². The Kier molecular flexibility index (Phi) is 4.86. The van der Waals surface area contributed by atoms with Crippen molar-refractivity contribution in [1.82, 2.24) is 9.97 Å². The van der Waals surface area contributed by atoms with Gasteiger partial charge in [0, 0.05) is 24.7 Å². The standard InChI is InChI=1S/C21H24N4O/c1-16-7-5-11-25(15-16)21-23-19(17-8-3-2-4-9-17)13-20(24-21)22-14-18-10-6-12-26-18/h2-4,6,8-10,12-13,16H,5,7,11,14-15H2,1H3,(H,22,23,24). The normalized spacial score (nSPS) is 17.3. The van der Waals surface area contributed by atoms with E-state index in [0.29, 0.717) is 12.5 Å². The number of aromatic nitrogens is 2. The molecule has 1 aromatic carbocycles. The van der Waals surface area contributed by atoms with Crippen molar-refractivity contribution in [2.75, 3.05) is 23.3 Å². The van der Waals surface area contributed by atoms with Crippen LogP contribution in [0.3, 0.4) is 0 Å². The fourth-order valence-electron chi connectivity index (χ4n) is 3.39. The highest BCUT2D eigenvalue weighted by atomic mass is 16.3. The van der Waals surface area contributed by atoms with Gasteiger partial charge < -0.3 is 14.6 Å². The average molecular weight is 348 g/mol. The highest BCUT2D eigenvalue weighted by molar-refractivity contribution is 5.64. The fraction of sp³-hybridized carbons (Fsp3) is 0.333. The number of furan rings is 1. The molecule has 1 aliphatic heterocycles. The van der Waals surface area contributed by atoms with Crippen molar-refractivity contribution in [3.63, 3.8) is 0 Å².